The number of ether oxygens (including phenoxy) is 1. The van der Waals surface area contributed by atoms with E-state index in [1.54, 1.807) is 19.1 Å². The van der Waals surface area contributed by atoms with Crippen molar-refractivity contribution >= 4 is 23.5 Å². The number of aryl methyl sites for hydroxylation is 1. The van der Waals surface area contributed by atoms with Gasteiger partial charge in [0, 0.05) is 11.4 Å². The lowest BCUT2D eigenvalue weighted by molar-refractivity contribution is -0.137. The second-order valence-electron chi connectivity index (χ2n) is 3.48. The van der Waals surface area contributed by atoms with Crippen molar-refractivity contribution < 1.29 is 14.3 Å². The highest BCUT2D eigenvalue weighted by molar-refractivity contribution is 6.31. The topological polar surface area (TPSA) is 43.4 Å². The molecule has 0 aromatic heterocycles. The van der Waals surface area contributed by atoms with Crippen LogP contribution < -0.4 is 0 Å². The predicted octanol–water partition coefficient (Wildman–Crippen LogP) is 3.13. The molecule has 3 nitrogen and oxygen atoms in total. The normalized spacial score (nSPS) is 9.94. The van der Waals surface area contributed by atoms with Crippen LogP contribution in [0.2, 0.25) is 5.02 Å². The SMILES string of the molecule is CCCC(=O)OC(=O)c1ccc(Cl)c(C)c1. The van der Waals surface area contributed by atoms with E-state index in [0.717, 1.165) is 5.56 Å². The molecule has 0 fully saturated rings. The second-order valence-corrected chi connectivity index (χ2v) is 3.88. The van der Waals surface area contributed by atoms with Crippen molar-refractivity contribution in [3.8, 4) is 0 Å². The highest BCUT2D eigenvalue weighted by Gasteiger charge is 2.12. The summed E-state index contributed by atoms with van der Waals surface area (Å²) in [6.45, 7) is 3.63. The van der Waals surface area contributed by atoms with Crippen LogP contribution in [0.15, 0.2) is 18.2 Å². The fourth-order valence-corrected chi connectivity index (χ4v) is 1.31. The highest BCUT2D eigenvalue weighted by atomic mass is 35.5. The Hall–Kier alpha value is -1.35. The van der Waals surface area contributed by atoms with Crippen molar-refractivity contribution in [2.75, 3.05) is 0 Å². The van der Waals surface area contributed by atoms with Gasteiger partial charge < -0.3 is 4.74 Å². The van der Waals surface area contributed by atoms with Crippen molar-refractivity contribution in [1.82, 2.24) is 0 Å². The second kappa shape index (κ2) is 5.66. The molecule has 0 unspecified atom stereocenters. The molecule has 0 aliphatic rings. The molecular formula is C12H13ClO3. The van der Waals surface area contributed by atoms with E-state index in [9.17, 15) is 9.59 Å². The molecule has 1 rings (SSSR count). The van der Waals surface area contributed by atoms with Crippen LogP contribution in [0.4, 0.5) is 0 Å². The predicted molar refractivity (Wildman–Crippen MR) is 61.5 cm³/mol. The number of esters is 2. The van der Waals surface area contributed by atoms with Crippen LogP contribution in [-0.4, -0.2) is 11.9 Å². The smallest absolute Gasteiger partial charge is 0.345 e. The van der Waals surface area contributed by atoms with Crippen LogP contribution >= 0.6 is 11.6 Å². The van der Waals surface area contributed by atoms with E-state index in [1.807, 2.05) is 6.92 Å². The summed E-state index contributed by atoms with van der Waals surface area (Å²) in [6, 6.07) is 4.75. The largest absolute Gasteiger partial charge is 0.389 e. The molecule has 0 heterocycles. The molecule has 0 aliphatic carbocycles. The van der Waals surface area contributed by atoms with E-state index in [1.165, 1.54) is 6.07 Å². The van der Waals surface area contributed by atoms with Crippen molar-refractivity contribution in [2.24, 2.45) is 0 Å². The molecule has 0 saturated carbocycles. The lowest BCUT2D eigenvalue weighted by atomic mass is 10.1. The van der Waals surface area contributed by atoms with Gasteiger partial charge in [-0.3, -0.25) is 4.79 Å². The first kappa shape index (κ1) is 12.7. The summed E-state index contributed by atoms with van der Waals surface area (Å²) in [5.41, 5.74) is 1.12. The van der Waals surface area contributed by atoms with Gasteiger partial charge in [0.2, 0.25) is 0 Å². The first-order valence-corrected chi connectivity index (χ1v) is 5.43. The monoisotopic (exact) mass is 240 g/mol. The molecule has 4 heteroatoms. The lowest BCUT2D eigenvalue weighted by Gasteiger charge is -2.03. The average molecular weight is 241 g/mol. The Bertz CT molecular complexity index is 413. The maximum atomic E-state index is 11.5. The first-order valence-electron chi connectivity index (χ1n) is 5.05. The zero-order valence-corrected chi connectivity index (χ0v) is 10.0. The zero-order chi connectivity index (χ0) is 12.1. The fraction of sp³-hybridized carbons (Fsp3) is 0.333. The summed E-state index contributed by atoms with van der Waals surface area (Å²) >= 11 is 5.82. The minimum atomic E-state index is -0.627. The van der Waals surface area contributed by atoms with Gasteiger partial charge in [0.15, 0.2) is 0 Å². The van der Waals surface area contributed by atoms with Gasteiger partial charge in [-0.25, -0.2) is 4.79 Å². The van der Waals surface area contributed by atoms with E-state index in [0.29, 0.717) is 17.0 Å². The molecule has 0 spiro atoms. The molecule has 0 N–H and O–H groups in total. The van der Waals surface area contributed by atoms with Gasteiger partial charge >= 0.3 is 11.9 Å². The van der Waals surface area contributed by atoms with Crippen LogP contribution in [0.25, 0.3) is 0 Å². The number of hydrogen-bond donors (Lipinski definition) is 0. The molecule has 16 heavy (non-hydrogen) atoms. The van der Waals surface area contributed by atoms with E-state index >= 15 is 0 Å². The highest BCUT2D eigenvalue weighted by Crippen LogP contribution is 2.16. The zero-order valence-electron chi connectivity index (χ0n) is 9.25. The van der Waals surface area contributed by atoms with Crippen LogP contribution in [0, 0.1) is 6.92 Å². The number of hydrogen-bond acceptors (Lipinski definition) is 3. The molecule has 1 aromatic carbocycles. The number of carbonyl (C=O) groups is 2. The van der Waals surface area contributed by atoms with Crippen LogP contribution in [0.3, 0.4) is 0 Å². The summed E-state index contributed by atoms with van der Waals surface area (Å²) < 4.78 is 4.65. The van der Waals surface area contributed by atoms with E-state index < -0.39 is 11.9 Å². The van der Waals surface area contributed by atoms with E-state index in [4.69, 9.17) is 11.6 Å². The Morgan fingerprint density at radius 1 is 1.38 bits per heavy atom. The molecule has 0 amide bonds. The van der Waals surface area contributed by atoms with Crippen molar-refractivity contribution in [2.45, 2.75) is 26.7 Å². The van der Waals surface area contributed by atoms with Crippen LogP contribution in [-0.2, 0) is 9.53 Å². The Kier molecular flexibility index (Phi) is 4.50. The lowest BCUT2D eigenvalue weighted by Crippen LogP contribution is -2.12. The van der Waals surface area contributed by atoms with Crippen LogP contribution in [0.1, 0.15) is 35.7 Å². The number of benzene rings is 1. The molecule has 0 saturated heterocycles. The minimum Gasteiger partial charge on any atom is -0.389 e. The maximum Gasteiger partial charge on any atom is 0.345 e. The summed E-state index contributed by atoms with van der Waals surface area (Å²) in [6.07, 6.45) is 0.907. The molecule has 0 aliphatic heterocycles. The van der Waals surface area contributed by atoms with Crippen molar-refractivity contribution in [1.29, 1.82) is 0 Å². The third-order valence-electron chi connectivity index (χ3n) is 2.05. The van der Waals surface area contributed by atoms with E-state index in [-0.39, 0.29) is 6.42 Å². The Morgan fingerprint density at radius 2 is 2.06 bits per heavy atom. The molecule has 1 aromatic rings. The number of rotatable bonds is 3. The molecular weight excluding hydrogens is 228 g/mol. The maximum absolute atomic E-state index is 11.5. The quantitative estimate of drug-likeness (QED) is 0.602. The fourth-order valence-electron chi connectivity index (χ4n) is 1.19. The van der Waals surface area contributed by atoms with Gasteiger partial charge in [-0.2, -0.15) is 0 Å². The molecule has 0 bridgehead atoms. The van der Waals surface area contributed by atoms with Gasteiger partial charge in [-0.15, -0.1) is 0 Å². The standard InChI is InChI=1S/C12H13ClO3/c1-3-4-11(14)16-12(15)9-5-6-10(13)8(2)7-9/h5-7H,3-4H2,1-2H3. The van der Waals surface area contributed by atoms with E-state index in [2.05, 4.69) is 4.74 Å². The average Bonchev–Trinajstić information content (AvgIpc) is 2.22. The van der Waals surface area contributed by atoms with Gasteiger partial charge in [-0.1, -0.05) is 18.5 Å². The van der Waals surface area contributed by atoms with Crippen molar-refractivity contribution in [3.05, 3.63) is 34.3 Å². The van der Waals surface area contributed by atoms with Crippen LogP contribution in [0.5, 0.6) is 0 Å². The van der Waals surface area contributed by atoms with Gasteiger partial charge in [0.25, 0.3) is 0 Å². The molecule has 86 valence electrons. The number of halogens is 1. The molecule has 0 atom stereocenters. The van der Waals surface area contributed by atoms with Gasteiger partial charge in [-0.05, 0) is 37.1 Å². The molecule has 0 radical (unpaired) electrons. The Labute approximate surface area is 99.4 Å². The van der Waals surface area contributed by atoms with Crippen molar-refractivity contribution in [3.63, 3.8) is 0 Å². The Morgan fingerprint density at radius 3 is 2.62 bits per heavy atom. The third-order valence-corrected chi connectivity index (χ3v) is 2.48. The van der Waals surface area contributed by atoms with Gasteiger partial charge in [0.05, 0.1) is 5.56 Å². The van der Waals surface area contributed by atoms with Gasteiger partial charge in [0.1, 0.15) is 0 Å². The summed E-state index contributed by atoms with van der Waals surface area (Å²) in [7, 11) is 0. The minimum absolute atomic E-state index is 0.248. The summed E-state index contributed by atoms with van der Waals surface area (Å²) in [4.78, 5) is 22.6. The Balaban J connectivity index is 2.73. The summed E-state index contributed by atoms with van der Waals surface area (Å²) in [5, 5.41) is 0.580. The third kappa shape index (κ3) is 3.35. The first-order chi connectivity index (χ1) is 7.54. The number of carbonyl (C=O) groups excluding carboxylic acids is 2. The summed E-state index contributed by atoms with van der Waals surface area (Å²) in [5.74, 6) is -1.13.